The third-order valence-electron chi connectivity index (χ3n) is 3.16. The van der Waals surface area contributed by atoms with Crippen LogP contribution in [0.3, 0.4) is 0 Å². The number of nitrogens with two attached hydrogens (primary N) is 1. The Hall–Kier alpha value is -1.75. The molecule has 0 bridgehead atoms. The normalized spacial score (nSPS) is 12.2. The van der Waals surface area contributed by atoms with Crippen LogP contribution in [0.2, 0.25) is 0 Å². The van der Waals surface area contributed by atoms with Crippen molar-refractivity contribution in [2.24, 2.45) is 5.73 Å². The average molecular weight is 279 g/mol. The fourth-order valence-electron chi connectivity index (χ4n) is 2.01. The Balaban J connectivity index is 2.61. The second-order valence-electron chi connectivity index (χ2n) is 5.75. The number of aromatic nitrogens is 2. The highest BCUT2D eigenvalue weighted by Crippen LogP contribution is 2.28. The Labute approximate surface area is 117 Å². The van der Waals surface area contributed by atoms with E-state index in [0.29, 0.717) is 5.69 Å². The van der Waals surface area contributed by atoms with Gasteiger partial charge in [-0.1, -0.05) is 39.0 Å². The van der Waals surface area contributed by atoms with Crippen molar-refractivity contribution in [2.45, 2.75) is 39.2 Å². The van der Waals surface area contributed by atoms with Crippen LogP contribution in [0.5, 0.6) is 0 Å². The van der Waals surface area contributed by atoms with Gasteiger partial charge in [0.05, 0.1) is 17.1 Å². The second-order valence-corrected chi connectivity index (χ2v) is 5.75. The van der Waals surface area contributed by atoms with Gasteiger partial charge < -0.3 is 5.73 Å². The Morgan fingerprint density at radius 3 is 2.45 bits per heavy atom. The number of hydrogen-bond donors (Lipinski definition) is 1. The lowest BCUT2D eigenvalue weighted by Gasteiger charge is -2.15. The maximum absolute atomic E-state index is 13.1. The molecule has 2 aromatic rings. The maximum Gasteiger partial charge on any atom is 0.265 e. The van der Waals surface area contributed by atoms with Crippen molar-refractivity contribution in [3.05, 3.63) is 47.3 Å². The lowest BCUT2D eigenvalue weighted by Crippen LogP contribution is -2.13. The molecule has 2 rings (SSSR count). The minimum Gasteiger partial charge on any atom is -0.325 e. The summed E-state index contributed by atoms with van der Waals surface area (Å²) in [7, 11) is 0. The molecule has 0 radical (unpaired) electrons. The monoisotopic (exact) mass is 279 g/mol. The zero-order valence-electron chi connectivity index (χ0n) is 11.9. The molecule has 108 valence electrons. The van der Waals surface area contributed by atoms with Gasteiger partial charge in [0.2, 0.25) is 0 Å². The molecule has 1 aromatic carbocycles. The molecule has 1 aromatic heterocycles. The first-order valence-electron chi connectivity index (χ1n) is 6.51. The molecule has 0 saturated carbocycles. The smallest absolute Gasteiger partial charge is 0.265 e. The molecule has 5 heteroatoms. The van der Waals surface area contributed by atoms with Gasteiger partial charge in [-0.15, -0.1) is 0 Å². The van der Waals surface area contributed by atoms with E-state index in [-0.39, 0.29) is 17.5 Å². The summed E-state index contributed by atoms with van der Waals surface area (Å²) < 4.78 is 27.8. The Bertz CT molecular complexity index is 597. The van der Waals surface area contributed by atoms with Crippen LogP contribution in [-0.2, 0) is 12.0 Å². The first kappa shape index (κ1) is 14.7. The lowest BCUT2D eigenvalue weighted by molar-refractivity contribution is 0.151. The van der Waals surface area contributed by atoms with Gasteiger partial charge in [-0.25, -0.2) is 13.5 Å². The first-order chi connectivity index (χ1) is 9.34. The minimum absolute atomic E-state index is 0.0363. The van der Waals surface area contributed by atoms with E-state index in [4.69, 9.17) is 5.73 Å². The van der Waals surface area contributed by atoms with E-state index >= 15 is 0 Å². The summed E-state index contributed by atoms with van der Waals surface area (Å²) in [5.41, 5.74) is 7.48. The fourth-order valence-corrected chi connectivity index (χ4v) is 2.01. The highest BCUT2D eigenvalue weighted by Gasteiger charge is 2.22. The SMILES string of the molecule is CC(C)(C)c1cc(CN)n(-c2ccccc2C(F)F)n1. The van der Waals surface area contributed by atoms with Crippen molar-refractivity contribution in [2.75, 3.05) is 0 Å². The molecule has 0 spiro atoms. The number of alkyl halides is 2. The highest BCUT2D eigenvalue weighted by atomic mass is 19.3. The molecule has 0 aliphatic carbocycles. The van der Waals surface area contributed by atoms with Crippen molar-refractivity contribution < 1.29 is 8.78 Å². The molecule has 20 heavy (non-hydrogen) atoms. The van der Waals surface area contributed by atoms with Crippen molar-refractivity contribution >= 4 is 0 Å². The topological polar surface area (TPSA) is 43.8 Å². The fraction of sp³-hybridized carbons (Fsp3) is 0.400. The summed E-state index contributed by atoms with van der Waals surface area (Å²) in [6, 6.07) is 8.25. The third-order valence-corrected chi connectivity index (χ3v) is 3.16. The number of para-hydroxylation sites is 1. The number of rotatable bonds is 3. The van der Waals surface area contributed by atoms with Gasteiger partial charge in [0.1, 0.15) is 0 Å². The molecule has 0 aliphatic heterocycles. The van der Waals surface area contributed by atoms with E-state index in [1.54, 1.807) is 18.2 Å². The molecular formula is C15H19F2N3. The van der Waals surface area contributed by atoms with Crippen molar-refractivity contribution in [3.8, 4) is 5.69 Å². The number of halogens is 2. The Kier molecular flexibility index (Phi) is 3.90. The predicted molar refractivity (Wildman–Crippen MR) is 75.1 cm³/mol. The van der Waals surface area contributed by atoms with Crippen LogP contribution in [0.25, 0.3) is 5.69 Å². The standard InChI is InChI=1S/C15H19F2N3/c1-15(2,3)13-8-10(9-18)20(19-13)12-7-5-4-6-11(12)14(16)17/h4-8,14H,9,18H2,1-3H3. The van der Waals surface area contributed by atoms with E-state index < -0.39 is 6.43 Å². The molecule has 0 fully saturated rings. The van der Waals surface area contributed by atoms with Crippen LogP contribution in [-0.4, -0.2) is 9.78 Å². The second kappa shape index (κ2) is 5.32. The number of benzene rings is 1. The van der Waals surface area contributed by atoms with Crippen molar-refractivity contribution in [1.29, 1.82) is 0 Å². The van der Waals surface area contributed by atoms with Gasteiger partial charge in [0.25, 0.3) is 6.43 Å². The van der Waals surface area contributed by atoms with Gasteiger partial charge in [-0.05, 0) is 12.1 Å². The zero-order valence-corrected chi connectivity index (χ0v) is 11.9. The van der Waals surface area contributed by atoms with Crippen LogP contribution in [0.15, 0.2) is 30.3 Å². The number of nitrogens with zero attached hydrogens (tertiary/aromatic N) is 2. The van der Waals surface area contributed by atoms with Crippen molar-refractivity contribution in [3.63, 3.8) is 0 Å². The molecule has 0 saturated heterocycles. The van der Waals surface area contributed by atoms with Crippen LogP contribution in [0.4, 0.5) is 8.78 Å². The zero-order chi connectivity index (χ0) is 14.9. The average Bonchev–Trinajstić information content (AvgIpc) is 2.82. The molecule has 0 unspecified atom stereocenters. The van der Waals surface area contributed by atoms with Gasteiger partial charge in [-0.2, -0.15) is 5.10 Å². The molecule has 3 nitrogen and oxygen atoms in total. The van der Waals surface area contributed by atoms with Crippen LogP contribution < -0.4 is 5.73 Å². The van der Waals surface area contributed by atoms with E-state index in [9.17, 15) is 8.78 Å². The quantitative estimate of drug-likeness (QED) is 0.933. The van der Waals surface area contributed by atoms with E-state index in [0.717, 1.165) is 11.4 Å². The van der Waals surface area contributed by atoms with Crippen LogP contribution in [0, 0.1) is 0 Å². The summed E-state index contributed by atoms with van der Waals surface area (Å²) in [6.07, 6.45) is -2.54. The molecule has 2 N–H and O–H groups in total. The summed E-state index contributed by atoms with van der Waals surface area (Å²) in [5.74, 6) is 0. The third kappa shape index (κ3) is 2.72. The minimum atomic E-state index is -2.54. The van der Waals surface area contributed by atoms with Gasteiger partial charge in [0.15, 0.2) is 0 Å². The molecule has 1 heterocycles. The van der Waals surface area contributed by atoms with Gasteiger partial charge >= 0.3 is 0 Å². The summed E-state index contributed by atoms with van der Waals surface area (Å²) >= 11 is 0. The maximum atomic E-state index is 13.1. The predicted octanol–water partition coefficient (Wildman–Crippen LogP) is 3.57. The van der Waals surface area contributed by atoms with E-state index in [1.807, 2.05) is 26.8 Å². The summed E-state index contributed by atoms with van der Waals surface area (Å²) in [4.78, 5) is 0. The molecular weight excluding hydrogens is 260 g/mol. The van der Waals surface area contributed by atoms with Crippen LogP contribution >= 0.6 is 0 Å². The first-order valence-corrected chi connectivity index (χ1v) is 6.51. The van der Waals surface area contributed by atoms with Crippen LogP contribution in [0.1, 0.15) is 44.1 Å². The van der Waals surface area contributed by atoms with E-state index in [1.165, 1.54) is 10.7 Å². The van der Waals surface area contributed by atoms with E-state index in [2.05, 4.69) is 5.10 Å². The highest BCUT2D eigenvalue weighted by molar-refractivity contribution is 5.43. The van der Waals surface area contributed by atoms with Gasteiger partial charge in [0, 0.05) is 17.5 Å². The summed E-state index contributed by atoms with van der Waals surface area (Å²) in [6.45, 7) is 6.33. The Morgan fingerprint density at radius 2 is 1.90 bits per heavy atom. The molecule has 0 amide bonds. The van der Waals surface area contributed by atoms with Gasteiger partial charge in [-0.3, -0.25) is 0 Å². The molecule has 0 atom stereocenters. The largest absolute Gasteiger partial charge is 0.325 e. The Morgan fingerprint density at radius 1 is 1.25 bits per heavy atom. The lowest BCUT2D eigenvalue weighted by atomic mass is 9.92. The molecule has 0 aliphatic rings. The summed E-state index contributed by atoms with van der Waals surface area (Å²) in [5, 5.41) is 4.47. The van der Waals surface area contributed by atoms with Crippen molar-refractivity contribution in [1.82, 2.24) is 9.78 Å². The number of hydrogen-bond acceptors (Lipinski definition) is 2.